The molecule has 0 saturated carbocycles. The van der Waals surface area contributed by atoms with Crippen LogP contribution in [0.2, 0.25) is 5.02 Å². The summed E-state index contributed by atoms with van der Waals surface area (Å²) >= 11 is 6.13. The summed E-state index contributed by atoms with van der Waals surface area (Å²) in [5.41, 5.74) is 2.44. The minimum Gasteiger partial charge on any atom is -0.489 e. The molecule has 3 aromatic rings. The lowest BCUT2D eigenvalue weighted by atomic mass is 10.1. The molecule has 3 aromatic carbocycles. The molecule has 0 spiro atoms. The molecule has 136 valence electrons. The van der Waals surface area contributed by atoms with Gasteiger partial charge in [0.15, 0.2) is 5.78 Å². The number of hydrogen-bond donors (Lipinski definition) is 1. The highest BCUT2D eigenvalue weighted by molar-refractivity contribution is 6.31. The minimum absolute atomic E-state index is 0.0546. The van der Waals surface area contributed by atoms with E-state index in [2.05, 4.69) is 5.32 Å². The van der Waals surface area contributed by atoms with E-state index >= 15 is 0 Å². The van der Waals surface area contributed by atoms with Crippen LogP contribution in [0.5, 0.6) is 5.75 Å². The van der Waals surface area contributed by atoms with Gasteiger partial charge in [0.2, 0.25) is 0 Å². The van der Waals surface area contributed by atoms with Crippen LogP contribution >= 0.6 is 11.6 Å². The van der Waals surface area contributed by atoms with Gasteiger partial charge in [0.05, 0.1) is 0 Å². The van der Waals surface area contributed by atoms with Crippen molar-refractivity contribution in [3.05, 3.63) is 94.5 Å². The van der Waals surface area contributed by atoms with E-state index in [1.807, 2.05) is 18.2 Å². The Hall–Kier alpha value is -3.11. The third-order valence-electron chi connectivity index (χ3n) is 3.98. The van der Waals surface area contributed by atoms with Gasteiger partial charge in [0, 0.05) is 27.4 Å². The van der Waals surface area contributed by atoms with E-state index < -0.39 is 0 Å². The second-order valence-corrected chi connectivity index (χ2v) is 6.41. The molecule has 1 amide bonds. The Kier molecular flexibility index (Phi) is 5.89. The van der Waals surface area contributed by atoms with Crippen LogP contribution in [0.4, 0.5) is 5.69 Å². The molecule has 27 heavy (non-hydrogen) atoms. The first-order valence-electron chi connectivity index (χ1n) is 8.41. The van der Waals surface area contributed by atoms with Gasteiger partial charge in [-0.1, -0.05) is 48.0 Å². The van der Waals surface area contributed by atoms with Gasteiger partial charge in [0.25, 0.3) is 5.91 Å². The molecular weight excluding hydrogens is 362 g/mol. The normalized spacial score (nSPS) is 10.3. The zero-order chi connectivity index (χ0) is 19.2. The quantitative estimate of drug-likeness (QED) is 0.585. The van der Waals surface area contributed by atoms with E-state index in [1.54, 1.807) is 54.6 Å². The number of hydrogen-bond acceptors (Lipinski definition) is 3. The van der Waals surface area contributed by atoms with Crippen molar-refractivity contribution < 1.29 is 14.3 Å². The monoisotopic (exact) mass is 379 g/mol. The van der Waals surface area contributed by atoms with Gasteiger partial charge in [0.1, 0.15) is 12.4 Å². The summed E-state index contributed by atoms with van der Waals surface area (Å²) in [5, 5.41) is 3.43. The van der Waals surface area contributed by atoms with Crippen LogP contribution in [0, 0.1) is 0 Å². The van der Waals surface area contributed by atoms with Crippen molar-refractivity contribution in [2.75, 3.05) is 5.32 Å². The van der Waals surface area contributed by atoms with E-state index in [-0.39, 0.29) is 11.7 Å². The minimum atomic E-state index is -0.279. The molecule has 5 heteroatoms. The molecule has 1 N–H and O–H groups in total. The van der Waals surface area contributed by atoms with Crippen molar-refractivity contribution in [3.63, 3.8) is 0 Å². The summed E-state index contributed by atoms with van der Waals surface area (Å²) < 4.78 is 5.76. The lowest BCUT2D eigenvalue weighted by Gasteiger charge is -2.10. The molecule has 0 bridgehead atoms. The number of Topliss-reactive ketones (excluding diaryl/α,β-unsaturated/α-hetero) is 1. The Balaban J connectivity index is 1.69. The maximum atomic E-state index is 12.5. The maximum Gasteiger partial charge on any atom is 0.255 e. The first-order valence-corrected chi connectivity index (χ1v) is 8.79. The smallest absolute Gasteiger partial charge is 0.255 e. The molecule has 0 unspecified atom stereocenters. The van der Waals surface area contributed by atoms with E-state index in [0.717, 1.165) is 5.56 Å². The lowest BCUT2D eigenvalue weighted by molar-refractivity contribution is 0.101. The molecule has 0 aromatic heterocycles. The van der Waals surface area contributed by atoms with Gasteiger partial charge < -0.3 is 10.1 Å². The van der Waals surface area contributed by atoms with Crippen LogP contribution in [0.1, 0.15) is 33.2 Å². The molecule has 0 aliphatic heterocycles. The topological polar surface area (TPSA) is 55.4 Å². The number of halogens is 1. The Morgan fingerprint density at radius 3 is 2.44 bits per heavy atom. The predicted octanol–water partition coefficient (Wildman–Crippen LogP) is 5.37. The zero-order valence-electron chi connectivity index (χ0n) is 14.7. The van der Waals surface area contributed by atoms with Crippen LogP contribution in [0.15, 0.2) is 72.8 Å². The summed E-state index contributed by atoms with van der Waals surface area (Å²) in [6.07, 6.45) is 0. The Morgan fingerprint density at radius 1 is 0.926 bits per heavy atom. The van der Waals surface area contributed by atoms with Crippen molar-refractivity contribution in [1.29, 1.82) is 0 Å². The molecule has 4 nitrogen and oxygen atoms in total. The number of benzene rings is 3. The van der Waals surface area contributed by atoms with Gasteiger partial charge >= 0.3 is 0 Å². The molecule has 3 rings (SSSR count). The Bertz CT molecular complexity index is 985. The molecule has 0 saturated heterocycles. The van der Waals surface area contributed by atoms with Gasteiger partial charge in [-0.15, -0.1) is 0 Å². The summed E-state index contributed by atoms with van der Waals surface area (Å²) in [6, 6.07) is 21.2. The van der Waals surface area contributed by atoms with E-state index in [0.29, 0.717) is 34.2 Å². The lowest BCUT2D eigenvalue weighted by Crippen LogP contribution is -2.12. The molecule has 0 aliphatic rings. The Morgan fingerprint density at radius 2 is 1.67 bits per heavy atom. The zero-order valence-corrected chi connectivity index (χ0v) is 15.5. The van der Waals surface area contributed by atoms with Gasteiger partial charge in [-0.2, -0.15) is 0 Å². The van der Waals surface area contributed by atoms with Gasteiger partial charge in [-0.3, -0.25) is 9.59 Å². The highest BCUT2D eigenvalue weighted by Gasteiger charge is 2.09. The molecule has 0 radical (unpaired) electrons. The second kappa shape index (κ2) is 8.52. The number of ketones is 1. The van der Waals surface area contributed by atoms with E-state index in [1.165, 1.54) is 6.92 Å². The average Bonchev–Trinajstić information content (AvgIpc) is 2.68. The van der Waals surface area contributed by atoms with Gasteiger partial charge in [-0.25, -0.2) is 0 Å². The fraction of sp³-hybridized carbons (Fsp3) is 0.0909. The van der Waals surface area contributed by atoms with Crippen LogP contribution in [-0.4, -0.2) is 11.7 Å². The summed E-state index contributed by atoms with van der Waals surface area (Å²) in [5.74, 6) is 0.236. The second-order valence-electron chi connectivity index (χ2n) is 6.00. The van der Waals surface area contributed by atoms with Crippen molar-refractivity contribution in [3.8, 4) is 5.75 Å². The van der Waals surface area contributed by atoms with E-state index in [9.17, 15) is 9.59 Å². The van der Waals surface area contributed by atoms with Crippen LogP contribution in [0.25, 0.3) is 0 Å². The fourth-order valence-corrected chi connectivity index (χ4v) is 2.71. The third-order valence-corrected chi connectivity index (χ3v) is 4.34. The molecular formula is C22H18ClNO3. The standard InChI is InChI=1S/C22H18ClNO3/c1-15(25)16-7-4-9-19(12-16)24-22(26)17-8-5-10-20(13-17)27-14-18-6-2-3-11-21(18)23/h2-13H,14H2,1H3,(H,24,26). The summed E-state index contributed by atoms with van der Waals surface area (Å²) in [7, 11) is 0. The first kappa shape index (κ1) is 18.7. The van der Waals surface area contributed by atoms with Crippen molar-refractivity contribution in [2.24, 2.45) is 0 Å². The van der Waals surface area contributed by atoms with E-state index in [4.69, 9.17) is 16.3 Å². The average molecular weight is 380 g/mol. The largest absolute Gasteiger partial charge is 0.489 e. The van der Waals surface area contributed by atoms with Crippen molar-refractivity contribution >= 4 is 29.0 Å². The fourth-order valence-electron chi connectivity index (χ4n) is 2.52. The number of ether oxygens (including phenoxy) is 1. The van der Waals surface area contributed by atoms with Crippen LogP contribution < -0.4 is 10.1 Å². The number of amides is 1. The van der Waals surface area contributed by atoms with Gasteiger partial charge in [-0.05, 0) is 43.3 Å². The molecule has 0 heterocycles. The first-order chi connectivity index (χ1) is 13.0. The highest BCUT2D eigenvalue weighted by Crippen LogP contribution is 2.20. The van der Waals surface area contributed by atoms with Crippen LogP contribution in [-0.2, 0) is 6.61 Å². The number of carbonyl (C=O) groups excluding carboxylic acids is 2. The predicted molar refractivity (Wildman–Crippen MR) is 107 cm³/mol. The molecule has 0 fully saturated rings. The number of nitrogens with one attached hydrogen (secondary N) is 1. The van der Waals surface area contributed by atoms with Crippen LogP contribution in [0.3, 0.4) is 0 Å². The number of anilines is 1. The number of rotatable bonds is 6. The SMILES string of the molecule is CC(=O)c1cccc(NC(=O)c2cccc(OCc3ccccc3Cl)c2)c1. The van der Waals surface area contributed by atoms with Crippen molar-refractivity contribution in [1.82, 2.24) is 0 Å². The van der Waals surface area contributed by atoms with Crippen molar-refractivity contribution in [2.45, 2.75) is 13.5 Å². The Labute approximate surface area is 162 Å². The summed E-state index contributed by atoms with van der Waals surface area (Å²) in [4.78, 5) is 24.0. The summed E-state index contributed by atoms with van der Waals surface area (Å²) in [6.45, 7) is 1.80. The molecule has 0 atom stereocenters. The third kappa shape index (κ3) is 4.96. The molecule has 0 aliphatic carbocycles. The highest BCUT2D eigenvalue weighted by atomic mass is 35.5. The maximum absolute atomic E-state index is 12.5. The number of carbonyl (C=O) groups is 2.